The van der Waals surface area contributed by atoms with Crippen LogP contribution in [0.15, 0.2) is 336 Å². The molecule has 442 valence electrons. The summed E-state index contributed by atoms with van der Waals surface area (Å²) in [4.78, 5) is 4.89. The van der Waals surface area contributed by atoms with E-state index in [2.05, 4.69) is 327 Å². The lowest BCUT2D eigenvalue weighted by Crippen LogP contribution is -2.13. The Kier molecular flexibility index (Phi) is 13.0. The number of rotatable bonds is 11. The van der Waals surface area contributed by atoms with E-state index in [1.165, 1.54) is 65.3 Å². The van der Waals surface area contributed by atoms with Crippen LogP contribution in [0.25, 0.3) is 143 Å². The first-order chi connectivity index (χ1) is 46.4. The van der Waals surface area contributed by atoms with E-state index in [-0.39, 0.29) is 0 Å². The van der Waals surface area contributed by atoms with Gasteiger partial charge in [-0.3, -0.25) is 0 Å². The Labute approximate surface area is 544 Å². The van der Waals surface area contributed by atoms with Crippen molar-refractivity contribution in [2.24, 2.45) is 0 Å². The van der Waals surface area contributed by atoms with Crippen LogP contribution in [0.5, 0.6) is 0 Å². The second-order valence-corrected chi connectivity index (χ2v) is 24.8. The van der Waals surface area contributed by atoms with Crippen LogP contribution in [0.4, 0.5) is 34.1 Å². The molecule has 0 saturated carbocycles. The van der Waals surface area contributed by atoms with E-state index in [1.807, 2.05) is 24.3 Å². The topological polar surface area (TPSA) is 32.8 Å². The van der Waals surface area contributed by atoms with Crippen LogP contribution in [0.3, 0.4) is 0 Å². The first-order valence-corrected chi connectivity index (χ1v) is 32.3. The molecule has 0 amide bonds. The molecule has 16 aromatic carbocycles. The summed E-state index contributed by atoms with van der Waals surface area (Å²) in [5.74, 6) is 0. The minimum Gasteiger partial charge on any atom is -0.456 e. The molecular weight excluding hydrogens is 1140 g/mol. The van der Waals surface area contributed by atoms with Gasteiger partial charge in [-0.1, -0.05) is 218 Å². The maximum atomic E-state index is 6.35. The number of furan rings is 2. The minimum absolute atomic E-state index is 0.876. The molecule has 0 saturated heterocycles. The third kappa shape index (κ3) is 9.21. The summed E-state index contributed by atoms with van der Waals surface area (Å²) in [6.07, 6.45) is 0. The first-order valence-electron chi connectivity index (χ1n) is 32.3. The standard InChI is InChI=1S/C90H60N2O2/c1-57-51-61(39-47-83(57)91(85-31-15-11-23-71(85)65-41-49-89-81(55-65)77-29-13-17-33-87(77)93-89)67-43-35-59(36-44-67)79-53-63-19-3-5-21-69(63)73-25-7-9-27-75(73)79)62-40-48-84(58(2)52-62)92(86-32-16-12-24-72(86)66-42-50-90-82(56-66)78-30-14-18-34-88(78)94-90)68-45-37-60(38-46-68)80-54-64-20-4-6-22-70(64)74-26-8-10-28-76(74)80/h3-56H,1-2H3. The summed E-state index contributed by atoms with van der Waals surface area (Å²) in [7, 11) is 0. The lowest BCUT2D eigenvalue weighted by atomic mass is 9.93. The van der Waals surface area contributed by atoms with Gasteiger partial charge in [-0.15, -0.1) is 0 Å². The van der Waals surface area contributed by atoms with Crippen LogP contribution in [0.1, 0.15) is 11.1 Å². The Morgan fingerprint density at radius 3 is 0.957 bits per heavy atom. The number of para-hydroxylation sites is 4. The molecule has 0 fully saturated rings. The number of aryl methyl sites for hydroxylation is 2. The molecule has 4 heteroatoms. The molecule has 18 aromatic rings. The highest BCUT2D eigenvalue weighted by Crippen LogP contribution is 2.48. The highest BCUT2D eigenvalue weighted by atomic mass is 16.3. The van der Waals surface area contributed by atoms with E-state index in [1.54, 1.807) is 0 Å². The third-order valence-corrected chi connectivity index (χ3v) is 19.3. The van der Waals surface area contributed by atoms with Crippen molar-refractivity contribution in [1.29, 1.82) is 0 Å². The summed E-state index contributed by atoms with van der Waals surface area (Å²) < 4.78 is 12.7. The number of hydrogen-bond donors (Lipinski definition) is 0. The second kappa shape index (κ2) is 22.3. The molecule has 0 aliphatic carbocycles. The van der Waals surface area contributed by atoms with Gasteiger partial charge in [0.25, 0.3) is 0 Å². The molecule has 0 bridgehead atoms. The largest absolute Gasteiger partial charge is 0.456 e. The monoisotopic (exact) mass is 1200 g/mol. The molecule has 4 nitrogen and oxygen atoms in total. The first kappa shape index (κ1) is 54.7. The fraction of sp³-hybridized carbons (Fsp3) is 0.0222. The lowest BCUT2D eigenvalue weighted by Gasteiger charge is -2.30. The highest BCUT2D eigenvalue weighted by Gasteiger charge is 2.24. The van der Waals surface area contributed by atoms with Gasteiger partial charge in [-0.25, -0.2) is 0 Å². The molecule has 0 spiro atoms. The normalized spacial score (nSPS) is 11.7. The van der Waals surface area contributed by atoms with Crippen molar-refractivity contribution in [1.82, 2.24) is 0 Å². The van der Waals surface area contributed by atoms with E-state index in [0.29, 0.717) is 0 Å². The summed E-state index contributed by atoms with van der Waals surface area (Å²) in [6, 6.07) is 119. The molecule has 94 heavy (non-hydrogen) atoms. The molecule has 2 aromatic heterocycles. The fourth-order valence-corrected chi connectivity index (χ4v) is 14.8. The molecule has 0 radical (unpaired) electrons. The van der Waals surface area contributed by atoms with E-state index >= 15 is 0 Å². The number of anilines is 6. The average Bonchev–Trinajstić information content (AvgIpc) is 1.11. The number of fused-ring (bicyclic) bond motifs is 12. The third-order valence-electron chi connectivity index (χ3n) is 19.3. The van der Waals surface area contributed by atoms with Gasteiger partial charge in [-0.05, 0) is 222 Å². The van der Waals surface area contributed by atoms with Crippen molar-refractivity contribution in [2.75, 3.05) is 9.80 Å². The zero-order valence-corrected chi connectivity index (χ0v) is 51.9. The van der Waals surface area contributed by atoms with Gasteiger partial charge in [0.1, 0.15) is 22.3 Å². The Balaban J connectivity index is 0.753. The smallest absolute Gasteiger partial charge is 0.135 e. The van der Waals surface area contributed by atoms with Crippen molar-refractivity contribution in [3.8, 4) is 55.6 Å². The maximum absolute atomic E-state index is 6.35. The van der Waals surface area contributed by atoms with Crippen molar-refractivity contribution >= 4 is 121 Å². The van der Waals surface area contributed by atoms with Crippen LogP contribution >= 0.6 is 0 Å². The summed E-state index contributed by atoms with van der Waals surface area (Å²) in [6.45, 7) is 4.50. The molecule has 0 aliphatic rings. The van der Waals surface area contributed by atoms with Crippen LogP contribution < -0.4 is 9.80 Å². The van der Waals surface area contributed by atoms with Crippen LogP contribution in [0, 0.1) is 13.8 Å². The molecule has 0 unspecified atom stereocenters. The molecule has 0 N–H and O–H groups in total. The summed E-state index contributed by atoms with van der Waals surface area (Å²) >= 11 is 0. The van der Waals surface area contributed by atoms with Crippen molar-refractivity contribution < 1.29 is 8.83 Å². The van der Waals surface area contributed by atoms with Gasteiger partial charge in [-0.2, -0.15) is 0 Å². The van der Waals surface area contributed by atoms with E-state index in [0.717, 1.165) is 123 Å². The number of benzene rings is 16. The van der Waals surface area contributed by atoms with E-state index < -0.39 is 0 Å². The lowest BCUT2D eigenvalue weighted by molar-refractivity contribution is 0.668. The van der Waals surface area contributed by atoms with Crippen molar-refractivity contribution in [3.63, 3.8) is 0 Å². The predicted octanol–water partition coefficient (Wildman–Crippen LogP) is 26.0. The molecule has 18 rings (SSSR count). The van der Waals surface area contributed by atoms with Gasteiger partial charge in [0.15, 0.2) is 0 Å². The minimum atomic E-state index is 0.876. The Bertz CT molecular complexity index is 5660. The van der Waals surface area contributed by atoms with Gasteiger partial charge in [0.2, 0.25) is 0 Å². The van der Waals surface area contributed by atoms with Gasteiger partial charge < -0.3 is 18.6 Å². The van der Waals surface area contributed by atoms with E-state index in [4.69, 9.17) is 8.83 Å². The zero-order valence-electron chi connectivity index (χ0n) is 51.9. The average molecular weight is 1200 g/mol. The molecular formula is C90H60N2O2. The SMILES string of the molecule is Cc1cc(-c2ccc(N(c3ccc(-c4cc5ccccc5c5ccccc45)cc3)c3ccccc3-c3ccc4oc5ccccc5c4c3)c(C)c2)ccc1N(c1ccc(-c2cc3ccccc3c3ccccc23)cc1)c1ccccc1-c1ccc2oc3ccccc3c2c1. The van der Waals surface area contributed by atoms with Gasteiger partial charge >= 0.3 is 0 Å². The second-order valence-electron chi connectivity index (χ2n) is 24.8. The quantitative estimate of drug-likeness (QED) is 0.121. The Morgan fingerprint density at radius 2 is 0.532 bits per heavy atom. The Hall–Kier alpha value is -12.2. The van der Waals surface area contributed by atoms with Crippen LogP contribution in [-0.2, 0) is 0 Å². The molecule has 2 heterocycles. The highest BCUT2D eigenvalue weighted by molar-refractivity contribution is 6.16. The van der Waals surface area contributed by atoms with Gasteiger partial charge in [0.05, 0.1) is 11.4 Å². The summed E-state index contributed by atoms with van der Waals surface area (Å²) in [5.41, 5.74) is 23.8. The van der Waals surface area contributed by atoms with Crippen molar-refractivity contribution in [3.05, 3.63) is 339 Å². The predicted molar refractivity (Wildman–Crippen MR) is 397 cm³/mol. The summed E-state index contributed by atoms with van der Waals surface area (Å²) in [5, 5.41) is 14.4. The number of nitrogens with zero attached hydrogens (tertiary/aromatic N) is 2. The van der Waals surface area contributed by atoms with Crippen LogP contribution in [0.2, 0.25) is 0 Å². The number of hydrogen-bond acceptors (Lipinski definition) is 4. The van der Waals surface area contributed by atoms with Crippen LogP contribution in [-0.4, -0.2) is 0 Å². The molecule has 0 atom stereocenters. The Morgan fingerprint density at radius 1 is 0.202 bits per heavy atom. The van der Waals surface area contributed by atoms with Crippen molar-refractivity contribution in [2.45, 2.75) is 13.8 Å². The fourth-order valence-electron chi connectivity index (χ4n) is 14.8. The zero-order chi connectivity index (χ0) is 62.4. The maximum Gasteiger partial charge on any atom is 0.135 e. The molecule has 0 aliphatic heterocycles. The van der Waals surface area contributed by atoms with E-state index in [9.17, 15) is 0 Å². The van der Waals surface area contributed by atoms with Gasteiger partial charge in [0, 0.05) is 55.4 Å².